The van der Waals surface area contributed by atoms with Crippen LogP contribution in [0.15, 0.2) is 18.3 Å². The largest absolute Gasteiger partial charge is 0.351 e. The molecular weight excluding hydrogens is 268 g/mol. The van der Waals surface area contributed by atoms with Crippen LogP contribution < -0.4 is 10.6 Å². The second kappa shape index (κ2) is 6.19. The fourth-order valence-corrected chi connectivity index (χ4v) is 2.52. The van der Waals surface area contributed by atoms with E-state index in [4.69, 9.17) is 0 Å². The third-order valence-electron chi connectivity index (χ3n) is 3.77. The Morgan fingerprint density at radius 1 is 1.38 bits per heavy atom. The minimum atomic E-state index is -0.0618. The number of nitrogens with zero attached hydrogens (tertiary/aromatic N) is 4. The maximum Gasteiger partial charge on any atom is 0.251 e. The van der Waals surface area contributed by atoms with Gasteiger partial charge in [-0.3, -0.25) is 14.1 Å². The summed E-state index contributed by atoms with van der Waals surface area (Å²) in [6.45, 7) is 7.57. The zero-order valence-corrected chi connectivity index (χ0v) is 12.2. The molecule has 1 aliphatic heterocycles. The van der Waals surface area contributed by atoms with Crippen LogP contribution in [0.25, 0.3) is 5.65 Å². The van der Waals surface area contributed by atoms with E-state index < -0.39 is 0 Å². The molecule has 1 aliphatic rings. The van der Waals surface area contributed by atoms with E-state index in [-0.39, 0.29) is 5.91 Å². The summed E-state index contributed by atoms with van der Waals surface area (Å²) in [4.78, 5) is 14.5. The molecule has 0 atom stereocenters. The Labute approximate surface area is 123 Å². The molecule has 7 heteroatoms. The van der Waals surface area contributed by atoms with Gasteiger partial charge in [-0.05, 0) is 19.1 Å². The van der Waals surface area contributed by atoms with Crippen LogP contribution in [0, 0.1) is 6.92 Å². The summed E-state index contributed by atoms with van der Waals surface area (Å²) >= 11 is 0. The maximum atomic E-state index is 12.1. The van der Waals surface area contributed by atoms with Gasteiger partial charge in [-0.15, -0.1) is 10.2 Å². The van der Waals surface area contributed by atoms with Gasteiger partial charge in [0.25, 0.3) is 5.91 Å². The van der Waals surface area contributed by atoms with Crippen molar-refractivity contribution in [1.82, 2.24) is 30.1 Å². The molecule has 0 aliphatic carbocycles. The highest BCUT2D eigenvalue weighted by Gasteiger charge is 2.11. The molecule has 1 amide bonds. The first kappa shape index (κ1) is 14.0. The molecule has 2 aromatic heterocycles. The Balaban J connectivity index is 1.56. The van der Waals surface area contributed by atoms with Crippen molar-refractivity contribution in [3.8, 4) is 0 Å². The van der Waals surface area contributed by atoms with E-state index in [0.717, 1.165) is 38.5 Å². The van der Waals surface area contributed by atoms with Gasteiger partial charge in [-0.25, -0.2) is 0 Å². The van der Waals surface area contributed by atoms with E-state index in [2.05, 4.69) is 25.7 Å². The molecule has 7 nitrogen and oxygen atoms in total. The van der Waals surface area contributed by atoms with E-state index in [1.807, 2.05) is 17.5 Å². The van der Waals surface area contributed by atoms with Crippen LogP contribution in [0.2, 0.25) is 0 Å². The molecule has 2 N–H and O–H groups in total. The molecule has 3 heterocycles. The first-order valence-corrected chi connectivity index (χ1v) is 7.27. The van der Waals surface area contributed by atoms with Crippen molar-refractivity contribution in [3.63, 3.8) is 0 Å². The molecule has 1 fully saturated rings. The summed E-state index contributed by atoms with van der Waals surface area (Å²) < 4.78 is 1.86. The Kier molecular flexibility index (Phi) is 4.12. The molecule has 2 aromatic rings. The predicted octanol–water partition coefficient (Wildman–Crippen LogP) is -0.327. The van der Waals surface area contributed by atoms with E-state index >= 15 is 0 Å². The molecule has 0 saturated carbocycles. The van der Waals surface area contributed by atoms with E-state index in [9.17, 15) is 4.79 Å². The molecule has 3 rings (SSSR count). The molecule has 0 radical (unpaired) electrons. The highest BCUT2D eigenvalue weighted by atomic mass is 16.1. The highest BCUT2D eigenvalue weighted by Crippen LogP contribution is 2.06. The standard InChI is InChI=1S/C14H20N6O/c1-11-17-18-13-10-12(2-6-20(11)13)14(21)16-5-9-19-7-3-15-4-8-19/h2,6,10,15H,3-5,7-9H2,1H3,(H,16,21). The summed E-state index contributed by atoms with van der Waals surface area (Å²) in [5.74, 6) is 0.754. The molecule has 0 aromatic carbocycles. The number of rotatable bonds is 4. The Morgan fingerprint density at radius 2 is 2.19 bits per heavy atom. The van der Waals surface area contributed by atoms with Crippen molar-refractivity contribution in [1.29, 1.82) is 0 Å². The van der Waals surface area contributed by atoms with Gasteiger partial charge in [0.1, 0.15) is 5.82 Å². The predicted molar refractivity (Wildman–Crippen MR) is 79.4 cm³/mol. The molecule has 21 heavy (non-hydrogen) atoms. The number of hydrogen-bond acceptors (Lipinski definition) is 5. The Morgan fingerprint density at radius 3 is 3.00 bits per heavy atom. The van der Waals surface area contributed by atoms with Crippen molar-refractivity contribution < 1.29 is 4.79 Å². The van der Waals surface area contributed by atoms with E-state index in [0.29, 0.717) is 17.8 Å². The van der Waals surface area contributed by atoms with Gasteiger partial charge in [0.05, 0.1) is 0 Å². The minimum absolute atomic E-state index is 0.0618. The molecule has 0 unspecified atom stereocenters. The second-order valence-electron chi connectivity index (χ2n) is 5.24. The van der Waals surface area contributed by atoms with Crippen molar-refractivity contribution in [2.45, 2.75) is 6.92 Å². The average molecular weight is 288 g/mol. The highest BCUT2D eigenvalue weighted by molar-refractivity contribution is 5.94. The number of carbonyl (C=O) groups excluding carboxylic acids is 1. The number of piperazine rings is 1. The summed E-state index contributed by atoms with van der Waals surface area (Å²) in [6.07, 6.45) is 1.83. The molecule has 112 valence electrons. The Hall–Kier alpha value is -1.99. The molecule has 1 saturated heterocycles. The van der Waals surface area contributed by atoms with Gasteiger partial charge < -0.3 is 10.6 Å². The van der Waals surface area contributed by atoms with Crippen LogP contribution in [0.3, 0.4) is 0 Å². The third-order valence-corrected chi connectivity index (χ3v) is 3.77. The molecular formula is C14H20N6O. The average Bonchev–Trinajstić information content (AvgIpc) is 2.89. The lowest BCUT2D eigenvalue weighted by molar-refractivity contribution is 0.0947. The SMILES string of the molecule is Cc1nnc2cc(C(=O)NCCN3CCNCC3)ccn12. The number of hydrogen-bond donors (Lipinski definition) is 2. The quantitative estimate of drug-likeness (QED) is 0.806. The second-order valence-corrected chi connectivity index (χ2v) is 5.24. The van der Waals surface area contributed by atoms with Crippen molar-refractivity contribution in [2.75, 3.05) is 39.3 Å². The first-order valence-electron chi connectivity index (χ1n) is 7.27. The number of carbonyl (C=O) groups is 1. The van der Waals surface area contributed by atoms with Crippen LogP contribution in [-0.2, 0) is 0 Å². The van der Waals surface area contributed by atoms with Crippen LogP contribution in [-0.4, -0.2) is 64.7 Å². The Bertz CT molecular complexity index is 631. The summed E-state index contributed by atoms with van der Waals surface area (Å²) in [7, 11) is 0. The van der Waals surface area contributed by atoms with Crippen molar-refractivity contribution >= 4 is 11.6 Å². The fraction of sp³-hybridized carbons (Fsp3) is 0.500. The van der Waals surface area contributed by atoms with Gasteiger partial charge in [-0.2, -0.15) is 0 Å². The molecule has 0 bridgehead atoms. The zero-order chi connectivity index (χ0) is 14.7. The van der Waals surface area contributed by atoms with Crippen LogP contribution in [0.1, 0.15) is 16.2 Å². The van der Waals surface area contributed by atoms with Crippen LogP contribution >= 0.6 is 0 Å². The summed E-state index contributed by atoms with van der Waals surface area (Å²) in [6, 6.07) is 3.56. The van der Waals surface area contributed by atoms with Crippen molar-refractivity contribution in [3.05, 3.63) is 29.7 Å². The van der Waals surface area contributed by atoms with Gasteiger partial charge in [0.2, 0.25) is 0 Å². The lowest BCUT2D eigenvalue weighted by atomic mass is 10.2. The third kappa shape index (κ3) is 3.20. The van der Waals surface area contributed by atoms with Crippen molar-refractivity contribution in [2.24, 2.45) is 0 Å². The van der Waals surface area contributed by atoms with Crippen LogP contribution in [0.4, 0.5) is 0 Å². The maximum absolute atomic E-state index is 12.1. The van der Waals surface area contributed by atoms with Gasteiger partial charge in [-0.1, -0.05) is 0 Å². The monoisotopic (exact) mass is 288 g/mol. The topological polar surface area (TPSA) is 74.6 Å². The van der Waals surface area contributed by atoms with E-state index in [1.54, 1.807) is 12.1 Å². The number of nitrogens with one attached hydrogen (secondary N) is 2. The fourth-order valence-electron chi connectivity index (χ4n) is 2.52. The number of fused-ring (bicyclic) bond motifs is 1. The zero-order valence-electron chi connectivity index (χ0n) is 12.2. The number of amides is 1. The van der Waals surface area contributed by atoms with Gasteiger partial charge in [0.15, 0.2) is 5.65 Å². The number of aryl methyl sites for hydroxylation is 1. The number of aromatic nitrogens is 3. The first-order chi connectivity index (χ1) is 10.2. The van der Waals surface area contributed by atoms with Crippen LogP contribution in [0.5, 0.6) is 0 Å². The van der Waals surface area contributed by atoms with E-state index in [1.165, 1.54) is 0 Å². The minimum Gasteiger partial charge on any atom is -0.351 e. The lowest BCUT2D eigenvalue weighted by Gasteiger charge is -2.27. The normalized spacial score (nSPS) is 16.2. The number of pyridine rings is 1. The molecule has 0 spiro atoms. The van der Waals surface area contributed by atoms with Gasteiger partial charge in [0, 0.05) is 51.0 Å². The lowest BCUT2D eigenvalue weighted by Crippen LogP contribution is -2.46. The summed E-state index contributed by atoms with van der Waals surface area (Å²) in [5.41, 5.74) is 1.32. The van der Waals surface area contributed by atoms with Gasteiger partial charge >= 0.3 is 0 Å². The smallest absolute Gasteiger partial charge is 0.251 e. The summed E-state index contributed by atoms with van der Waals surface area (Å²) in [5, 5.41) is 14.3.